The molecule has 0 N–H and O–H groups in total. The van der Waals surface area contributed by atoms with E-state index in [1.165, 1.54) is 5.56 Å². The summed E-state index contributed by atoms with van der Waals surface area (Å²) < 4.78 is 0. The molecule has 0 heterocycles. The fraction of sp³-hybridized carbons (Fsp3) is 0.364. The topological polar surface area (TPSA) is 21.6 Å². The van der Waals surface area contributed by atoms with Crippen LogP contribution < -0.4 is 0 Å². The average Bonchev–Trinajstić information content (AvgIpc) is 2.19. The van der Waals surface area contributed by atoms with Gasteiger partial charge in [-0.1, -0.05) is 36.3 Å². The Morgan fingerprint density at radius 3 is 2.92 bits per heavy atom. The van der Waals surface area contributed by atoms with Gasteiger partial charge in [0.1, 0.15) is 6.61 Å². The maximum atomic E-state index is 4.88. The van der Waals surface area contributed by atoms with Crippen molar-refractivity contribution < 1.29 is 4.84 Å². The molecule has 1 rings (SSSR count). The van der Waals surface area contributed by atoms with Gasteiger partial charge in [0.25, 0.3) is 0 Å². The summed E-state index contributed by atoms with van der Waals surface area (Å²) in [4.78, 5) is 4.88. The molecule has 0 fully saturated rings. The first kappa shape index (κ1) is 9.78. The second kappa shape index (κ2) is 5.36. The highest BCUT2D eigenvalue weighted by atomic mass is 16.6. The molecule has 0 aliphatic heterocycles. The largest absolute Gasteiger partial charge is 0.396 e. The van der Waals surface area contributed by atoms with Crippen LogP contribution in [0.15, 0.2) is 29.4 Å². The van der Waals surface area contributed by atoms with Crippen LogP contribution in [0, 0.1) is 0 Å². The Morgan fingerprint density at radius 1 is 1.38 bits per heavy atom. The van der Waals surface area contributed by atoms with Gasteiger partial charge in [-0.05, 0) is 24.5 Å². The fourth-order valence-electron chi connectivity index (χ4n) is 1.07. The Bertz CT molecular complexity index is 281. The summed E-state index contributed by atoms with van der Waals surface area (Å²) in [5.41, 5.74) is 2.41. The van der Waals surface area contributed by atoms with Crippen LogP contribution in [-0.4, -0.2) is 12.8 Å². The summed E-state index contributed by atoms with van der Waals surface area (Å²) in [7, 11) is 0. The smallest absolute Gasteiger partial charge is 0.114 e. The number of oxime groups is 1. The summed E-state index contributed by atoms with van der Waals surface area (Å²) in [6.07, 6.45) is 2.79. The minimum absolute atomic E-state index is 0.615. The lowest BCUT2D eigenvalue weighted by atomic mass is 10.1. The molecule has 70 valence electrons. The van der Waals surface area contributed by atoms with Gasteiger partial charge in [-0.25, -0.2) is 0 Å². The van der Waals surface area contributed by atoms with Crippen molar-refractivity contribution in [3.05, 3.63) is 35.4 Å². The molecule has 0 saturated heterocycles. The fourth-order valence-corrected chi connectivity index (χ4v) is 1.07. The second-order valence-electron chi connectivity index (χ2n) is 2.75. The molecule has 1 aromatic carbocycles. The van der Waals surface area contributed by atoms with Crippen molar-refractivity contribution in [3.8, 4) is 0 Å². The number of nitrogens with zero attached hydrogens (tertiary/aromatic N) is 1. The van der Waals surface area contributed by atoms with Crippen molar-refractivity contribution in [1.82, 2.24) is 0 Å². The maximum Gasteiger partial charge on any atom is 0.114 e. The van der Waals surface area contributed by atoms with Crippen molar-refractivity contribution in [2.45, 2.75) is 20.3 Å². The first-order chi connectivity index (χ1) is 6.36. The van der Waals surface area contributed by atoms with E-state index in [0.29, 0.717) is 6.61 Å². The number of hydrogen-bond donors (Lipinski definition) is 0. The van der Waals surface area contributed by atoms with Crippen LogP contribution >= 0.6 is 0 Å². The molecule has 0 bridgehead atoms. The Kier molecular flexibility index (Phi) is 4.03. The van der Waals surface area contributed by atoms with Crippen LogP contribution in [-0.2, 0) is 11.3 Å². The summed E-state index contributed by atoms with van der Waals surface area (Å²) >= 11 is 0. The molecule has 13 heavy (non-hydrogen) atoms. The van der Waals surface area contributed by atoms with Crippen molar-refractivity contribution >= 4 is 6.21 Å². The van der Waals surface area contributed by atoms with E-state index in [-0.39, 0.29) is 0 Å². The number of aryl methyl sites for hydroxylation is 1. The zero-order valence-electron chi connectivity index (χ0n) is 8.16. The Labute approximate surface area is 79.2 Å². The zero-order chi connectivity index (χ0) is 9.52. The van der Waals surface area contributed by atoms with Gasteiger partial charge < -0.3 is 4.84 Å². The summed E-state index contributed by atoms with van der Waals surface area (Å²) in [6, 6.07) is 8.27. The summed E-state index contributed by atoms with van der Waals surface area (Å²) in [5.74, 6) is 0. The van der Waals surface area contributed by atoms with Crippen molar-refractivity contribution in [3.63, 3.8) is 0 Å². The molecule has 0 aliphatic carbocycles. The van der Waals surface area contributed by atoms with E-state index in [2.05, 4.69) is 24.2 Å². The second-order valence-corrected chi connectivity index (χ2v) is 2.75. The monoisotopic (exact) mass is 177 g/mol. The van der Waals surface area contributed by atoms with Gasteiger partial charge in [-0.15, -0.1) is 0 Å². The van der Waals surface area contributed by atoms with Gasteiger partial charge in [-0.2, -0.15) is 0 Å². The van der Waals surface area contributed by atoms with Crippen molar-refractivity contribution in [2.24, 2.45) is 5.16 Å². The molecule has 0 radical (unpaired) electrons. The average molecular weight is 177 g/mol. The maximum absolute atomic E-state index is 4.88. The van der Waals surface area contributed by atoms with Crippen LogP contribution in [0.3, 0.4) is 0 Å². The van der Waals surface area contributed by atoms with Gasteiger partial charge in [0.05, 0.1) is 6.21 Å². The first-order valence-electron chi connectivity index (χ1n) is 4.61. The van der Waals surface area contributed by atoms with Crippen LogP contribution in [0.5, 0.6) is 0 Å². The zero-order valence-corrected chi connectivity index (χ0v) is 8.16. The van der Waals surface area contributed by atoms with Crippen LogP contribution in [0.1, 0.15) is 25.0 Å². The highest BCUT2D eigenvalue weighted by Gasteiger charge is 1.90. The normalized spacial score (nSPS) is 10.6. The van der Waals surface area contributed by atoms with Crippen LogP contribution in [0.2, 0.25) is 0 Å². The molecular formula is C11H15NO. The summed E-state index contributed by atoms with van der Waals surface area (Å²) in [5, 5.41) is 3.81. The predicted molar refractivity (Wildman–Crippen MR) is 55.0 cm³/mol. The van der Waals surface area contributed by atoms with Gasteiger partial charge in [-0.3, -0.25) is 0 Å². The standard InChI is InChI=1S/C11H15NO/c1-3-10-6-5-7-11(8-10)9-12-13-4-2/h5-9H,3-4H2,1-2H3. The number of benzene rings is 1. The van der Waals surface area contributed by atoms with Gasteiger partial charge >= 0.3 is 0 Å². The summed E-state index contributed by atoms with van der Waals surface area (Å²) in [6.45, 7) is 4.67. The molecule has 0 aliphatic rings. The predicted octanol–water partition coefficient (Wildman–Crippen LogP) is 2.62. The molecule has 1 aromatic rings. The van der Waals surface area contributed by atoms with E-state index in [0.717, 1.165) is 12.0 Å². The lowest BCUT2D eigenvalue weighted by molar-refractivity contribution is 0.160. The van der Waals surface area contributed by atoms with Crippen LogP contribution in [0.4, 0.5) is 0 Å². The molecule has 0 aromatic heterocycles. The Balaban J connectivity index is 2.66. The molecule has 2 nitrogen and oxygen atoms in total. The number of rotatable bonds is 4. The minimum atomic E-state index is 0.615. The molecule has 0 amide bonds. The lowest BCUT2D eigenvalue weighted by Crippen LogP contribution is -1.86. The van der Waals surface area contributed by atoms with E-state index in [9.17, 15) is 0 Å². The lowest BCUT2D eigenvalue weighted by Gasteiger charge is -1.97. The quantitative estimate of drug-likeness (QED) is 0.511. The van der Waals surface area contributed by atoms with E-state index in [1.807, 2.05) is 19.1 Å². The van der Waals surface area contributed by atoms with Gasteiger partial charge in [0.15, 0.2) is 0 Å². The molecular weight excluding hydrogens is 162 g/mol. The van der Waals surface area contributed by atoms with E-state index < -0.39 is 0 Å². The minimum Gasteiger partial charge on any atom is -0.396 e. The highest BCUT2D eigenvalue weighted by Crippen LogP contribution is 2.03. The van der Waals surface area contributed by atoms with Crippen molar-refractivity contribution in [2.75, 3.05) is 6.61 Å². The van der Waals surface area contributed by atoms with Crippen molar-refractivity contribution in [1.29, 1.82) is 0 Å². The Morgan fingerprint density at radius 2 is 2.23 bits per heavy atom. The van der Waals surface area contributed by atoms with Gasteiger partial charge in [0, 0.05) is 0 Å². The third-order valence-electron chi connectivity index (χ3n) is 1.76. The number of hydrogen-bond acceptors (Lipinski definition) is 2. The molecule has 0 unspecified atom stereocenters. The molecule has 0 spiro atoms. The van der Waals surface area contributed by atoms with E-state index in [1.54, 1.807) is 6.21 Å². The molecule has 2 heteroatoms. The molecule has 0 atom stereocenters. The highest BCUT2D eigenvalue weighted by molar-refractivity contribution is 5.79. The third kappa shape index (κ3) is 3.28. The van der Waals surface area contributed by atoms with E-state index in [4.69, 9.17) is 4.84 Å². The van der Waals surface area contributed by atoms with E-state index >= 15 is 0 Å². The third-order valence-corrected chi connectivity index (χ3v) is 1.76. The SMILES string of the molecule is CCON=Cc1cccc(CC)c1. The van der Waals surface area contributed by atoms with Gasteiger partial charge in [0.2, 0.25) is 0 Å². The molecule has 0 saturated carbocycles. The van der Waals surface area contributed by atoms with Crippen LogP contribution in [0.25, 0.3) is 0 Å². The first-order valence-corrected chi connectivity index (χ1v) is 4.61. The Hall–Kier alpha value is -1.31.